The Morgan fingerprint density at radius 2 is 1.71 bits per heavy atom. The number of para-hydroxylation sites is 1. The van der Waals surface area contributed by atoms with Crippen LogP contribution in [-0.2, 0) is 0 Å². The van der Waals surface area contributed by atoms with E-state index in [-0.39, 0.29) is 6.03 Å². The molecule has 0 atom stereocenters. The summed E-state index contributed by atoms with van der Waals surface area (Å²) >= 11 is 0. The zero-order valence-electron chi connectivity index (χ0n) is 12.5. The molecule has 4 nitrogen and oxygen atoms in total. The van der Waals surface area contributed by atoms with Crippen molar-refractivity contribution >= 4 is 17.4 Å². The molecule has 2 aromatic carbocycles. The van der Waals surface area contributed by atoms with E-state index in [0.717, 1.165) is 17.0 Å². The average molecular weight is 281 g/mol. The largest absolute Gasteiger partial charge is 0.339 e. The van der Waals surface area contributed by atoms with E-state index in [1.807, 2.05) is 49.4 Å². The fourth-order valence-electron chi connectivity index (χ4n) is 1.85. The Labute approximate surface area is 124 Å². The second-order valence-corrected chi connectivity index (χ2v) is 4.93. The van der Waals surface area contributed by atoms with Crippen LogP contribution in [0.15, 0.2) is 53.6 Å². The van der Waals surface area contributed by atoms with Crippen LogP contribution in [-0.4, -0.2) is 11.7 Å². The van der Waals surface area contributed by atoms with Gasteiger partial charge in [0.05, 0.1) is 5.71 Å². The predicted octanol–water partition coefficient (Wildman–Crippen LogP) is 3.85. The molecule has 2 N–H and O–H groups in total. The first kappa shape index (κ1) is 14.8. The third-order valence-electron chi connectivity index (χ3n) is 3.28. The van der Waals surface area contributed by atoms with Gasteiger partial charge in [0.2, 0.25) is 0 Å². The topological polar surface area (TPSA) is 53.5 Å². The lowest BCUT2D eigenvalue weighted by molar-refractivity contribution is 0.252. The smallest absolute Gasteiger partial charge is 0.307 e. The Hall–Kier alpha value is -2.62. The molecule has 0 aliphatic heterocycles. The third kappa shape index (κ3) is 4.18. The molecule has 0 aliphatic rings. The van der Waals surface area contributed by atoms with Crippen molar-refractivity contribution < 1.29 is 4.79 Å². The Balaban J connectivity index is 1.99. The van der Waals surface area contributed by atoms with Crippen molar-refractivity contribution in [1.29, 1.82) is 0 Å². The fourth-order valence-corrected chi connectivity index (χ4v) is 1.85. The van der Waals surface area contributed by atoms with Gasteiger partial charge in [0.25, 0.3) is 0 Å². The summed E-state index contributed by atoms with van der Waals surface area (Å²) in [5, 5.41) is 6.83. The monoisotopic (exact) mass is 281 g/mol. The maximum atomic E-state index is 11.7. The molecule has 4 heteroatoms. The molecule has 2 rings (SSSR count). The van der Waals surface area contributed by atoms with Gasteiger partial charge in [0, 0.05) is 5.69 Å². The minimum Gasteiger partial charge on any atom is -0.307 e. The van der Waals surface area contributed by atoms with Crippen LogP contribution in [0, 0.1) is 13.8 Å². The highest BCUT2D eigenvalue weighted by molar-refractivity contribution is 6.00. The number of nitrogens with one attached hydrogen (secondary N) is 2. The Kier molecular flexibility index (Phi) is 4.72. The molecule has 2 amide bonds. The molecule has 0 aromatic heterocycles. The highest BCUT2D eigenvalue weighted by Crippen LogP contribution is 2.10. The van der Waals surface area contributed by atoms with Crippen LogP contribution in [0.4, 0.5) is 10.5 Å². The summed E-state index contributed by atoms with van der Waals surface area (Å²) in [6.07, 6.45) is 0. The molecule has 0 bridgehead atoms. The minimum absolute atomic E-state index is 0.357. The van der Waals surface area contributed by atoms with Crippen molar-refractivity contribution in [3.8, 4) is 0 Å². The molecular formula is C17H19N3O. The number of carbonyl (C=O) groups is 1. The summed E-state index contributed by atoms with van der Waals surface area (Å²) in [5.41, 5.74) is 7.44. The summed E-state index contributed by atoms with van der Waals surface area (Å²) in [5.74, 6) is 0. The summed E-state index contributed by atoms with van der Waals surface area (Å²) in [7, 11) is 0. The van der Waals surface area contributed by atoms with Crippen molar-refractivity contribution in [3.63, 3.8) is 0 Å². The molecule has 0 saturated heterocycles. The van der Waals surface area contributed by atoms with Crippen LogP contribution in [0.3, 0.4) is 0 Å². The van der Waals surface area contributed by atoms with Crippen molar-refractivity contribution in [2.75, 3.05) is 5.32 Å². The molecule has 0 saturated carbocycles. The summed E-state index contributed by atoms with van der Waals surface area (Å²) in [4.78, 5) is 11.7. The number of hydrogen-bond donors (Lipinski definition) is 2. The van der Waals surface area contributed by atoms with Crippen LogP contribution in [0.25, 0.3) is 0 Å². The van der Waals surface area contributed by atoms with Crippen molar-refractivity contribution in [1.82, 2.24) is 5.43 Å². The molecule has 0 spiro atoms. The predicted molar refractivity (Wildman–Crippen MR) is 86.7 cm³/mol. The second kappa shape index (κ2) is 6.70. The molecule has 0 radical (unpaired) electrons. The quantitative estimate of drug-likeness (QED) is 0.651. The molecule has 2 aromatic rings. The number of rotatable bonds is 3. The Morgan fingerprint density at radius 3 is 2.38 bits per heavy atom. The summed E-state index contributed by atoms with van der Waals surface area (Å²) in [6.45, 7) is 5.99. The zero-order valence-corrected chi connectivity index (χ0v) is 12.5. The van der Waals surface area contributed by atoms with Gasteiger partial charge in [-0.1, -0.05) is 30.3 Å². The van der Waals surface area contributed by atoms with Gasteiger partial charge in [-0.05, 0) is 55.7 Å². The number of urea groups is 1. The molecule has 0 aliphatic carbocycles. The third-order valence-corrected chi connectivity index (χ3v) is 3.28. The highest BCUT2D eigenvalue weighted by Gasteiger charge is 2.02. The number of carbonyl (C=O) groups excluding carboxylic acids is 1. The van der Waals surface area contributed by atoms with E-state index in [1.165, 1.54) is 11.1 Å². The molecule has 21 heavy (non-hydrogen) atoms. The van der Waals surface area contributed by atoms with Gasteiger partial charge in [0.1, 0.15) is 0 Å². The number of aryl methyl sites for hydroxylation is 2. The van der Waals surface area contributed by atoms with E-state index < -0.39 is 0 Å². The van der Waals surface area contributed by atoms with Gasteiger partial charge >= 0.3 is 6.03 Å². The lowest BCUT2D eigenvalue weighted by Crippen LogP contribution is -2.25. The number of benzene rings is 2. The van der Waals surface area contributed by atoms with Crippen LogP contribution in [0.1, 0.15) is 23.6 Å². The van der Waals surface area contributed by atoms with Crippen LogP contribution in [0.5, 0.6) is 0 Å². The zero-order chi connectivity index (χ0) is 15.2. The highest BCUT2D eigenvalue weighted by atomic mass is 16.2. The standard InChI is InChI=1S/C17H19N3O/c1-12-9-10-15(11-13(12)2)14(3)19-20-17(21)18-16-7-5-4-6-8-16/h4-11H,1-3H3,(H2,18,20,21)/b19-14-. The number of amides is 2. The first-order valence-electron chi connectivity index (χ1n) is 6.80. The van der Waals surface area contributed by atoms with Gasteiger partial charge in [-0.2, -0.15) is 5.10 Å². The van der Waals surface area contributed by atoms with E-state index in [9.17, 15) is 4.79 Å². The molecular weight excluding hydrogens is 262 g/mol. The van der Waals surface area contributed by atoms with Crippen LogP contribution in [0.2, 0.25) is 0 Å². The van der Waals surface area contributed by atoms with E-state index in [2.05, 4.69) is 35.8 Å². The minimum atomic E-state index is -0.357. The molecule has 0 fully saturated rings. The first-order chi connectivity index (χ1) is 10.1. The van der Waals surface area contributed by atoms with Gasteiger partial charge in [-0.15, -0.1) is 0 Å². The second-order valence-electron chi connectivity index (χ2n) is 4.93. The van der Waals surface area contributed by atoms with Crippen molar-refractivity contribution in [2.24, 2.45) is 5.10 Å². The SMILES string of the molecule is C/C(=N/NC(=O)Nc1ccccc1)c1ccc(C)c(C)c1. The first-order valence-corrected chi connectivity index (χ1v) is 6.80. The lowest BCUT2D eigenvalue weighted by atomic mass is 10.0. The van der Waals surface area contributed by atoms with E-state index in [0.29, 0.717) is 0 Å². The molecule has 0 heterocycles. The van der Waals surface area contributed by atoms with Crippen LogP contribution >= 0.6 is 0 Å². The lowest BCUT2D eigenvalue weighted by Gasteiger charge is -2.07. The summed E-state index contributed by atoms with van der Waals surface area (Å²) < 4.78 is 0. The average Bonchev–Trinajstić information content (AvgIpc) is 2.48. The van der Waals surface area contributed by atoms with Crippen molar-refractivity contribution in [3.05, 3.63) is 65.2 Å². The number of hydrogen-bond acceptors (Lipinski definition) is 2. The van der Waals surface area contributed by atoms with Crippen molar-refractivity contribution in [2.45, 2.75) is 20.8 Å². The van der Waals surface area contributed by atoms with E-state index in [1.54, 1.807) is 0 Å². The van der Waals surface area contributed by atoms with E-state index in [4.69, 9.17) is 0 Å². The molecule has 0 unspecified atom stereocenters. The Morgan fingerprint density at radius 1 is 1.00 bits per heavy atom. The maximum Gasteiger partial charge on any atom is 0.339 e. The number of anilines is 1. The molecule has 108 valence electrons. The number of hydrazone groups is 1. The van der Waals surface area contributed by atoms with Crippen LogP contribution < -0.4 is 10.7 Å². The number of nitrogens with zero attached hydrogens (tertiary/aromatic N) is 1. The van der Waals surface area contributed by atoms with Gasteiger partial charge in [0.15, 0.2) is 0 Å². The summed E-state index contributed by atoms with van der Waals surface area (Å²) in [6, 6.07) is 15.0. The maximum absolute atomic E-state index is 11.7. The normalized spacial score (nSPS) is 11.1. The van der Waals surface area contributed by atoms with Gasteiger partial charge in [-0.25, -0.2) is 10.2 Å². The Bertz CT molecular complexity index is 663. The van der Waals surface area contributed by atoms with Gasteiger partial charge in [-0.3, -0.25) is 0 Å². The van der Waals surface area contributed by atoms with E-state index >= 15 is 0 Å². The fraction of sp³-hybridized carbons (Fsp3) is 0.176. The van der Waals surface area contributed by atoms with Gasteiger partial charge < -0.3 is 5.32 Å².